The molecule has 0 radical (unpaired) electrons. The minimum Gasteiger partial charge on any atom is -0.398 e. The van der Waals surface area contributed by atoms with Gasteiger partial charge in [-0.1, -0.05) is 5.16 Å². The Labute approximate surface area is 110 Å². The van der Waals surface area contributed by atoms with E-state index in [9.17, 15) is 4.79 Å². The number of hydrogen-bond acceptors (Lipinski definition) is 6. The van der Waals surface area contributed by atoms with Gasteiger partial charge in [-0.3, -0.25) is 9.78 Å². The summed E-state index contributed by atoms with van der Waals surface area (Å²) in [4.78, 5) is 20.0. The van der Waals surface area contributed by atoms with Crippen LogP contribution >= 0.6 is 0 Å². The van der Waals surface area contributed by atoms with Crippen LogP contribution in [0.1, 0.15) is 27.8 Å². The molecule has 0 aliphatic heterocycles. The number of nitrogens with one attached hydrogen (secondary N) is 1. The van der Waals surface area contributed by atoms with Crippen LogP contribution in [0, 0.1) is 13.8 Å². The van der Waals surface area contributed by atoms with Crippen LogP contribution < -0.4 is 11.1 Å². The van der Waals surface area contributed by atoms with Crippen molar-refractivity contribution in [2.24, 2.45) is 0 Å². The lowest BCUT2D eigenvalue weighted by molar-refractivity contribution is 0.0954. The van der Waals surface area contributed by atoms with Gasteiger partial charge in [0, 0.05) is 37.5 Å². The molecule has 0 spiro atoms. The second-order valence-corrected chi connectivity index (χ2v) is 4.15. The average molecular weight is 261 g/mol. The van der Waals surface area contributed by atoms with Gasteiger partial charge in [0.2, 0.25) is 5.89 Å². The first-order valence-electron chi connectivity index (χ1n) is 5.86. The van der Waals surface area contributed by atoms with E-state index < -0.39 is 0 Å². The molecule has 0 aromatic carbocycles. The number of aromatic nitrogens is 3. The van der Waals surface area contributed by atoms with Crippen LogP contribution in [0.5, 0.6) is 0 Å². The number of rotatable bonds is 4. The second kappa shape index (κ2) is 5.47. The highest BCUT2D eigenvalue weighted by Crippen LogP contribution is 2.10. The van der Waals surface area contributed by atoms with E-state index in [0.29, 0.717) is 35.9 Å². The van der Waals surface area contributed by atoms with Gasteiger partial charge in [-0.05, 0) is 13.0 Å². The van der Waals surface area contributed by atoms with E-state index in [4.69, 9.17) is 10.3 Å². The average Bonchev–Trinajstić information content (AvgIpc) is 2.75. The molecule has 2 aromatic rings. The lowest BCUT2D eigenvalue weighted by Gasteiger charge is -2.06. The lowest BCUT2D eigenvalue weighted by atomic mass is 10.2. The Bertz CT molecular complexity index is 594. The van der Waals surface area contributed by atoms with Crippen molar-refractivity contribution in [3.63, 3.8) is 0 Å². The van der Waals surface area contributed by atoms with Crippen LogP contribution in [0.2, 0.25) is 0 Å². The summed E-state index contributed by atoms with van der Waals surface area (Å²) in [6.07, 6.45) is 1.97. The molecule has 3 N–H and O–H groups in total. The Hall–Kier alpha value is -2.44. The zero-order valence-corrected chi connectivity index (χ0v) is 10.8. The van der Waals surface area contributed by atoms with Crippen molar-refractivity contribution in [1.82, 2.24) is 20.4 Å². The van der Waals surface area contributed by atoms with Gasteiger partial charge in [0.05, 0.1) is 5.56 Å². The first-order valence-corrected chi connectivity index (χ1v) is 5.86. The monoisotopic (exact) mass is 261 g/mol. The Balaban J connectivity index is 1.90. The van der Waals surface area contributed by atoms with Crippen molar-refractivity contribution < 1.29 is 9.32 Å². The van der Waals surface area contributed by atoms with Crippen molar-refractivity contribution >= 4 is 11.6 Å². The molecule has 7 nitrogen and oxygen atoms in total. The summed E-state index contributed by atoms with van der Waals surface area (Å²) in [6, 6.07) is 1.66. The third-order valence-electron chi connectivity index (χ3n) is 2.52. The fourth-order valence-electron chi connectivity index (χ4n) is 1.60. The molecule has 2 aromatic heterocycles. The van der Waals surface area contributed by atoms with E-state index >= 15 is 0 Å². The van der Waals surface area contributed by atoms with Gasteiger partial charge in [0.15, 0.2) is 5.82 Å². The molecule has 0 bridgehead atoms. The number of nitrogens with two attached hydrogens (primary N) is 1. The van der Waals surface area contributed by atoms with Crippen LogP contribution in [0.15, 0.2) is 16.8 Å². The third kappa shape index (κ3) is 3.27. The molecular formula is C12H15N5O2. The van der Waals surface area contributed by atoms with E-state index in [1.165, 1.54) is 6.20 Å². The van der Waals surface area contributed by atoms with Crippen LogP contribution in [-0.2, 0) is 6.42 Å². The maximum atomic E-state index is 11.9. The third-order valence-corrected chi connectivity index (χ3v) is 2.52. The normalized spacial score (nSPS) is 10.4. The largest absolute Gasteiger partial charge is 0.398 e. The fourth-order valence-corrected chi connectivity index (χ4v) is 1.60. The molecule has 2 heterocycles. The van der Waals surface area contributed by atoms with E-state index in [0.717, 1.165) is 5.69 Å². The Kier molecular flexibility index (Phi) is 3.74. The van der Waals surface area contributed by atoms with Crippen LogP contribution in [-0.4, -0.2) is 27.6 Å². The van der Waals surface area contributed by atoms with Gasteiger partial charge in [-0.2, -0.15) is 4.98 Å². The van der Waals surface area contributed by atoms with Crippen molar-refractivity contribution in [2.75, 3.05) is 12.3 Å². The molecule has 19 heavy (non-hydrogen) atoms. The Morgan fingerprint density at radius 3 is 2.89 bits per heavy atom. The molecule has 2 rings (SSSR count). The zero-order valence-electron chi connectivity index (χ0n) is 10.8. The minimum atomic E-state index is -0.259. The van der Waals surface area contributed by atoms with E-state index in [-0.39, 0.29) is 5.91 Å². The van der Waals surface area contributed by atoms with Crippen LogP contribution in [0.4, 0.5) is 5.69 Å². The Morgan fingerprint density at radius 2 is 2.26 bits per heavy atom. The fraction of sp³-hybridized carbons (Fsp3) is 0.333. The maximum Gasteiger partial charge on any atom is 0.254 e. The summed E-state index contributed by atoms with van der Waals surface area (Å²) >= 11 is 0. The van der Waals surface area contributed by atoms with Crippen molar-refractivity contribution in [2.45, 2.75) is 20.3 Å². The molecule has 100 valence electrons. The highest BCUT2D eigenvalue weighted by molar-refractivity contribution is 5.98. The highest BCUT2D eigenvalue weighted by Gasteiger charge is 2.10. The molecule has 0 fully saturated rings. The quantitative estimate of drug-likeness (QED) is 0.836. The van der Waals surface area contributed by atoms with Gasteiger partial charge in [-0.25, -0.2) is 0 Å². The van der Waals surface area contributed by atoms with E-state index in [2.05, 4.69) is 20.4 Å². The predicted octanol–water partition coefficient (Wildman–Crippen LogP) is 0.636. The van der Waals surface area contributed by atoms with Crippen molar-refractivity contribution in [3.05, 3.63) is 35.2 Å². The maximum absolute atomic E-state index is 11.9. The summed E-state index contributed by atoms with van der Waals surface area (Å²) in [6.45, 7) is 3.94. The molecule has 0 atom stereocenters. The van der Waals surface area contributed by atoms with Crippen molar-refractivity contribution in [1.29, 1.82) is 0 Å². The topological polar surface area (TPSA) is 107 Å². The minimum absolute atomic E-state index is 0.259. The predicted molar refractivity (Wildman–Crippen MR) is 68.5 cm³/mol. The SMILES string of the molecule is Cc1cc(N)c(C(=O)NCCc2noc(C)n2)cn1. The highest BCUT2D eigenvalue weighted by atomic mass is 16.5. The van der Waals surface area contributed by atoms with Crippen molar-refractivity contribution in [3.8, 4) is 0 Å². The molecule has 7 heteroatoms. The standard InChI is InChI=1S/C12H15N5O2/c1-7-5-10(13)9(6-15-7)12(18)14-4-3-11-16-8(2)19-17-11/h5-6H,3-4H2,1-2H3,(H2,13,15)(H,14,18). The van der Waals surface area contributed by atoms with Gasteiger partial charge in [0.1, 0.15) is 0 Å². The Morgan fingerprint density at radius 1 is 1.47 bits per heavy atom. The number of nitrogen functional groups attached to an aromatic ring is 1. The number of carbonyl (C=O) groups is 1. The first-order chi connectivity index (χ1) is 9.06. The number of hydrogen-bond donors (Lipinski definition) is 2. The number of anilines is 1. The molecule has 1 amide bonds. The molecule has 0 aliphatic rings. The smallest absolute Gasteiger partial charge is 0.254 e. The van der Waals surface area contributed by atoms with Gasteiger partial charge in [0.25, 0.3) is 5.91 Å². The number of pyridine rings is 1. The van der Waals surface area contributed by atoms with Gasteiger partial charge in [-0.15, -0.1) is 0 Å². The summed E-state index contributed by atoms with van der Waals surface area (Å²) in [5.41, 5.74) is 7.33. The van der Waals surface area contributed by atoms with Gasteiger partial charge >= 0.3 is 0 Å². The molecule has 0 aliphatic carbocycles. The lowest BCUT2D eigenvalue weighted by Crippen LogP contribution is -2.27. The molecule has 0 saturated heterocycles. The summed E-state index contributed by atoms with van der Waals surface area (Å²) < 4.78 is 4.84. The number of carbonyl (C=O) groups excluding carboxylic acids is 1. The molecule has 0 saturated carbocycles. The number of amides is 1. The molecule has 0 unspecified atom stereocenters. The summed E-state index contributed by atoms with van der Waals surface area (Å²) in [7, 11) is 0. The summed E-state index contributed by atoms with van der Waals surface area (Å²) in [5, 5.41) is 6.48. The van der Waals surface area contributed by atoms with E-state index in [1.54, 1.807) is 13.0 Å². The number of nitrogens with zero attached hydrogens (tertiary/aromatic N) is 3. The molecular weight excluding hydrogens is 246 g/mol. The van der Waals surface area contributed by atoms with E-state index in [1.807, 2.05) is 6.92 Å². The second-order valence-electron chi connectivity index (χ2n) is 4.15. The zero-order chi connectivity index (χ0) is 13.8. The first kappa shape index (κ1) is 13.0. The van der Waals surface area contributed by atoms with Crippen LogP contribution in [0.25, 0.3) is 0 Å². The van der Waals surface area contributed by atoms with Crippen LogP contribution in [0.3, 0.4) is 0 Å². The van der Waals surface area contributed by atoms with Gasteiger partial charge < -0.3 is 15.6 Å². The summed E-state index contributed by atoms with van der Waals surface area (Å²) in [5.74, 6) is 0.811. The number of aryl methyl sites for hydroxylation is 2.